The van der Waals surface area contributed by atoms with E-state index in [1.54, 1.807) is 0 Å². The molecule has 25 heavy (non-hydrogen) atoms. The maximum absolute atomic E-state index is 12.3. The minimum Gasteiger partial charge on any atom is -0.493 e. The van der Waals surface area contributed by atoms with Gasteiger partial charge in [-0.25, -0.2) is 0 Å². The molecule has 0 fully saturated rings. The van der Waals surface area contributed by atoms with E-state index in [2.05, 4.69) is 19.1 Å². The van der Waals surface area contributed by atoms with Crippen LogP contribution in [0.5, 0.6) is 0 Å². The Balaban J connectivity index is 2.27. The highest BCUT2D eigenvalue weighted by molar-refractivity contribution is 6.21. The van der Waals surface area contributed by atoms with Gasteiger partial charge in [0.15, 0.2) is 11.5 Å². The molecule has 0 saturated carbocycles. The topological polar surface area (TPSA) is 52.6 Å². The number of Topliss-reactive ketones (excluding diaryl/α,β-unsaturated/α-hetero) is 1. The number of rotatable bonds is 13. The number of unbranched alkanes of at least 4 members (excludes halogenated alkanes) is 7. The van der Waals surface area contributed by atoms with Crippen LogP contribution < -0.4 is 0 Å². The first-order chi connectivity index (χ1) is 12.2. The van der Waals surface area contributed by atoms with Gasteiger partial charge in [-0.1, -0.05) is 51.2 Å². The molecule has 0 heterocycles. The quantitative estimate of drug-likeness (QED) is 0.266. The number of methoxy groups -OCH3 is 2. The summed E-state index contributed by atoms with van der Waals surface area (Å²) in [5.41, 5.74) is 0.450. The zero-order chi connectivity index (χ0) is 18.5. The Hall–Kier alpha value is -1.84. The van der Waals surface area contributed by atoms with Gasteiger partial charge in [0.1, 0.15) is 0 Å². The van der Waals surface area contributed by atoms with Gasteiger partial charge in [-0.15, -0.1) is 0 Å². The number of ketones is 2. The van der Waals surface area contributed by atoms with Crippen LogP contribution in [0.3, 0.4) is 0 Å². The molecular formula is C21H32O4. The lowest BCUT2D eigenvalue weighted by Gasteiger charge is -2.17. The lowest BCUT2D eigenvalue weighted by molar-refractivity contribution is -0.120. The van der Waals surface area contributed by atoms with Crippen molar-refractivity contribution in [3.8, 4) is 0 Å². The molecule has 0 saturated heterocycles. The molecule has 0 bridgehead atoms. The summed E-state index contributed by atoms with van der Waals surface area (Å²) in [5.74, 6) is -0.237. The zero-order valence-electron chi connectivity index (χ0n) is 15.9. The third kappa shape index (κ3) is 7.29. The number of allylic oxidation sites excluding steroid dienone is 4. The third-order valence-electron chi connectivity index (χ3n) is 4.37. The van der Waals surface area contributed by atoms with E-state index in [4.69, 9.17) is 9.47 Å². The molecule has 1 rings (SSSR count). The Morgan fingerprint density at radius 1 is 0.880 bits per heavy atom. The largest absolute Gasteiger partial charge is 0.493 e. The molecule has 1 aliphatic carbocycles. The van der Waals surface area contributed by atoms with E-state index in [1.165, 1.54) is 52.4 Å². The van der Waals surface area contributed by atoms with Crippen LogP contribution in [-0.4, -0.2) is 25.8 Å². The Morgan fingerprint density at radius 2 is 1.52 bits per heavy atom. The van der Waals surface area contributed by atoms with E-state index in [-0.39, 0.29) is 23.1 Å². The molecule has 4 heteroatoms. The molecule has 1 aliphatic rings. The fourth-order valence-corrected chi connectivity index (χ4v) is 2.91. The van der Waals surface area contributed by atoms with Crippen molar-refractivity contribution in [2.24, 2.45) is 0 Å². The highest BCUT2D eigenvalue weighted by atomic mass is 16.5. The van der Waals surface area contributed by atoms with Crippen molar-refractivity contribution in [3.63, 3.8) is 0 Å². The van der Waals surface area contributed by atoms with Gasteiger partial charge >= 0.3 is 0 Å². The number of hydrogen-bond acceptors (Lipinski definition) is 4. The zero-order valence-corrected chi connectivity index (χ0v) is 15.9. The Bertz CT molecular complexity index is 526. The maximum atomic E-state index is 12.3. The molecule has 0 spiro atoms. The lowest BCUT2D eigenvalue weighted by Crippen LogP contribution is -2.21. The molecule has 0 aromatic rings. The highest BCUT2D eigenvalue weighted by Gasteiger charge is 2.29. The second-order valence-corrected chi connectivity index (χ2v) is 6.34. The van der Waals surface area contributed by atoms with E-state index in [0.717, 1.165) is 25.7 Å². The van der Waals surface area contributed by atoms with Gasteiger partial charge in [0.05, 0.1) is 14.2 Å². The van der Waals surface area contributed by atoms with Gasteiger partial charge < -0.3 is 9.47 Å². The Kier molecular flexibility index (Phi) is 10.6. The summed E-state index contributed by atoms with van der Waals surface area (Å²) in [6.07, 6.45) is 16.7. The summed E-state index contributed by atoms with van der Waals surface area (Å²) in [6.45, 7) is 2.21. The first-order valence-corrected chi connectivity index (χ1v) is 9.42. The van der Waals surface area contributed by atoms with Crippen LogP contribution in [0, 0.1) is 0 Å². The van der Waals surface area contributed by atoms with E-state index in [0.29, 0.717) is 12.0 Å². The van der Waals surface area contributed by atoms with Crippen molar-refractivity contribution >= 4 is 11.6 Å². The smallest absolute Gasteiger partial charge is 0.227 e. The fourth-order valence-electron chi connectivity index (χ4n) is 2.91. The summed E-state index contributed by atoms with van der Waals surface area (Å²) < 4.78 is 10.1. The standard InChI is InChI=1S/C21H32O4/c1-4-5-6-7-8-9-10-11-12-13-14-15-17-20(23)19(24-2)16-18(22)21(17)25-3/h7-8,16H,4-6,9-15H2,1-3H3. The second-order valence-electron chi connectivity index (χ2n) is 6.34. The van der Waals surface area contributed by atoms with Crippen LogP contribution in [0.1, 0.15) is 71.1 Å². The Morgan fingerprint density at radius 3 is 2.16 bits per heavy atom. The third-order valence-corrected chi connectivity index (χ3v) is 4.37. The monoisotopic (exact) mass is 348 g/mol. The molecule has 0 aliphatic heterocycles. The van der Waals surface area contributed by atoms with Crippen LogP contribution in [-0.2, 0) is 19.1 Å². The van der Waals surface area contributed by atoms with Crippen LogP contribution in [0.4, 0.5) is 0 Å². The van der Waals surface area contributed by atoms with Crippen LogP contribution in [0.2, 0.25) is 0 Å². The van der Waals surface area contributed by atoms with Crippen molar-refractivity contribution in [2.45, 2.75) is 71.1 Å². The molecule has 0 N–H and O–H groups in total. The van der Waals surface area contributed by atoms with Crippen LogP contribution >= 0.6 is 0 Å². The SMILES string of the molecule is CCCCC=CCCCCCCCC1=C(OC)C(=O)C=C(OC)C1=O. The average Bonchev–Trinajstić information content (AvgIpc) is 2.62. The summed E-state index contributed by atoms with van der Waals surface area (Å²) in [4.78, 5) is 24.2. The summed E-state index contributed by atoms with van der Waals surface area (Å²) in [5, 5.41) is 0. The predicted octanol–water partition coefficient (Wildman–Crippen LogP) is 5.05. The summed E-state index contributed by atoms with van der Waals surface area (Å²) in [7, 11) is 2.84. The van der Waals surface area contributed by atoms with Crippen molar-refractivity contribution in [1.82, 2.24) is 0 Å². The van der Waals surface area contributed by atoms with E-state index >= 15 is 0 Å². The van der Waals surface area contributed by atoms with Gasteiger partial charge in [-0.2, -0.15) is 0 Å². The minimum atomic E-state index is -0.288. The van der Waals surface area contributed by atoms with Gasteiger partial charge in [0.2, 0.25) is 11.6 Å². The first kappa shape index (κ1) is 21.2. The molecule has 0 aromatic carbocycles. The lowest BCUT2D eigenvalue weighted by atomic mass is 9.94. The summed E-state index contributed by atoms with van der Waals surface area (Å²) >= 11 is 0. The van der Waals surface area contributed by atoms with Gasteiger partial charge in [-0.05, 0) is 32.1 Å². The molecule has 0 atom stereocenters. The van der Waals surface area contributed by atoms with Gasteiger partial charge in [0.25, 0.3) is 0 Å². The van der Waals surface area contributed by atoms with Gasteiger partial charge in [0, 0.05) is 11.6 Å². The first-order valence-electron chi connectivity index (χ1n) is 9.42. The molecule has 140 valence electrons. The predicted molar refractivity (Wildman–Crippen MR) is 100 cm³/mol. The van der Waals surface area contributed by atoms with Crippen LogP contribution in [0.15, 0.2) is 35.3 Å². The van der Waals surface area contributed by atoms with Crippen molar-refractivity contribution in [2.75, 3.05) is 14.2 Å². The van der Waals surface area contributed by atoms with Crippen LogP contribution in [0.25, 0.3) is 0 Å². The molecule has 4 nitrogen and oxygen atoms in total. The Labute approximate surface area is 152 Å². The highest BCUT2D eigenvalue weighted by Crippen LogP contribution is 2.25. The average molecular weight is 348 g/mol. The maximum Gasteiger partial charge on any atom is 0.227 e. The fraction of sp³-hybridized carbons (Fsp3) is 0.619. The molecular weight excluding hydrogens is 316 g/mol. The molecule has 0 unspecified atom stereocenters. The van der Waals surface area contributed by atoms with Gasteiger partial charge in [-0.3, -0.25) is 9.59 Å². The summed E-state index contributed by atoms with van der Waals surface area (Å²) in [6, 6.07) is 0. The van der Waals surface area contributed by atoms with E-state index in [1.807, 2.05) is 0 Å². The van der Waals surface area contributed by atoms with Crippen molar-refractivity contribution < 1.29 is 19.1 Å². The number of carbonyl (C=O) groups is 2. The van der Waals surface area contributed by atoms with Crippen molar-refractivity contribution in [3.05, 3.63) is 35.3 Å². The van der Waals surface area contributed by atoms with Crippen molar-refractivity contribution in [1.29, 1.82) is 0 Å². The normalized spacial score (nSPS) is 15.1. The number of ether oxygens (including phenoxy) is 2. The second kappa shape index (κ2) is 12.5. The molecule has 0 aromatic heterocycles. The van der Waals surface area contributed by atoms with E-state index in [9.17, 15) is 9.59 Å². The minimum absolute atomic E-state index is 0.107. The number of hydrogen-bond donors (Lipinski definition) is 0. The number of carbonyl (C=O) groups excluding carboxylic acids is 2. The molecule has 0 radical (unpaired) electrons. The molecule has 0 amide bonds. The van der Waals surface area contributed by atoms with E-state index < -0.39 is 0 Å².